The van der Waals surface area contributed by atoms with Crippen molar-refractivity contribution >= 4 is 23.9 Å². The van der Waals surface area contributed by atoms with Crippen LogP contribution in [0.5, 0.6) is 0 Å². The Balaban J connectivity index is 1.87. The van der Waals surface area contributed by atoms with E-state index in [1.165, 1.54) is 6.08 Å². The van der Waals surface area contributed by atoms with Crippen molar-refractivity contribution in [2.75, 3.05) is 19.8 Å². The molecular formula is C31H41N3O7. The van der Waals surface area contributed by atoms with Crippen LogP contribution < -0.4 is 16.0 Å². The fourth-order valence-electron chi connectivity index (χ4n) is 3.60. The highest BCUT2D eigenvalue weighted by atomic mass is 16.6. The fraction of sp³-hybridized carbons (Fsp3) is 0.419. The third-order valence-electron chi connectivity index (χ3n) is 5.45. The van der Waals surface area contributed by atoms with Crippen LogP contribution >= 0.6 is 0 Å². The van der Waals surface area contributed by atoms with E-state index in [2.05, 4.69) is 16.0 Å². The number of ether oxygens (including phenoxy) is 3. The molecule has 0 aliphatic heterocycles. The molecule has 0 bridgehead atoms. The number of hydrogen-bond donors (Lipinski definition) is 3. The van der Waals surface area contributed by atoms with E-state index in [0.717, 1.165) is 11.1 Å². The minimum absolute atomic E-state index is 0.0606. The molecule has 3 N–H and O–H groups in total. The topological polar surface area (TPSA) is 132 Å². The predicted molar refractivity (Wildman–Crippen MR) is 155 cm³/mol. The van der Waals surface area contributed by atoms with Crippen LogP contribution in [0.4, 0.5) is 4.79 Å². The summed E-state index contributed by atoms with van der Waals surface area (Å²) in [5.74, 6) is -1.42. The van der Waals surface area contributed by atoms with E-state index in [-0.39, 0.29) is 26.4 Å². The summed E-state index contributed by atoms with van der Waals surface area (Å²) >= 11 is 0. The van der Waals surface area contributed by atoms with Gasteiger partial charge in [0.1, 0.15) is 17.7 Å². The molecular weight excluding hydrogens is 526 g/mol. The second-order valence-electron chi connectivity index (χ2n) is 10.2. The average Bonchev–Trinajstić information content (AvgIpc) is 2.92. The Bertz CT molecular complexity index is 1130. The Kier molecular flexibility index (Phi) is 14.1. The van der Waals surface area contributed by atoms with Crippen LogP contribution in [0, 0.1) is 0 Å². The van der Waals surface area contributed by atoms with Crippen LogP contribution in [-0.2, 0) is 41.6 Å². The van der Waals surface area contributed by atoms with Crippen LogP contribution in [0.2, 0.25) is 0 Å². The number of benzene rings is 2. The van der Waals surface area contributed by atoms with Gasteiger partial charge in [-0.3, -0.25) is 9.59 Å². The Labute approximate surface area is 241 Å². The van der Waals surface area contributed by atoms with Crippen molar-refractivity contribution in [1.82, 2.24) is 16.0 Å². The summed E-state index contributed by atoms with van der Waals surface area (Å²) in [6.07, 6.45) is 2.80. The molecule has 2 atom stereocenters. The number of amides is 3. The first-order chi connectivity index (χ1) is 19.6. The Morgan fingerprint density at radius 1 is 0.878 bits per heavy atom. The van der Waals surface area contributed by atoms with E-state index in [4.69, 9.17) is 14.2 Å². The quantitative estimate of drug-likeness (QED) is 0.171. The van der Waals surface area contributed by atoms with Crippen LogP contribution in [0.25, 0.3) is 0 Å². The maximum atomic E-state index is 12.8. The highest BCUT2D eigenvalue weighted by Gasteiger charge is 2.25. The minimum Gasteiger partial charge on any atom is -0.464 e. The van der Waals surface area contributed by atoms with E-state index in [1.807, 2.05) is 60.7 Å². The number of nitrogens with one attached hydrogen (secondary N) is 3. The summed E-state index contributed by atoms with van der Waals surface area (Å²) in [6.45, 7) is 7.52. The van der Waals surface area contributed by atoms with E-state index in [9.17, 15) is 19.2 Å². The molecule has 0 aliphatic carbocycles. The molecule has 41 heavy (non-hydrogen) atoms. The van der Waals surface area contributed by atoms with E-state index in [0.29, 0.717) is 12.8 Å². The number of alkyl carbamates (subject to hydrolysis) is 1. The van der Waals surface area contributed by atoms with Gasteiger partial charge in [0.25, 0.3) is 0 Å². The molecule has 2 aromatic rings. The van der Waals surface area contributed by atoms with E-state index < -0.39 is 41.6 Å². The van der Waals surface area contributed by atoms with Gasteiger partial charge in [0, 0.05) is 13.0 Å². The van der Waals surface area contributed by atoms with Gasteiger partial charge in [0.05, 0.1) is 19.8 Å². The van der Waals surface area contributed by atoms with Gasteiger partial charge in [-0.1, -0.05) is 66.7 Å². The standard InChI is InChI=1S/C31H41N3O7/c1-5-40-29(37)25(20-23-14-8-6-9-15-23)33-27(35)18-12-13-19-32-28(36)26(34-30(38)41-31(2,3)4)22-39-21-24-16-10-7-11-17-24/h6-12,14-18,25-26H,5,13,19-22H2,1-4H3,(H,32,36)(H,33,35)(H,34,38)/b18-12+/t25-,26-/m0/s1. The SMILES string of the molecule is CCOC(=O)[C@H](Cc1ccccc1)NC(=O)/C=C/CCNC(=O)[C@H](COCc1ccccc1)NC(=O)OC(C)(C)C. The molecule has 2 rings (SSSR count). The summed E-state index contributed by atoms with van der Waals surface area (Å²) in [5.41, 5.74) is 1.09. The summed E-state index contributed by atoms with van der Waals surface area (Å²) in [4.78, 5) is 49.9. The molecule has 0 aliphatic rings. The molecule has 10 nitrogen and oxygen atoms in total. The minimum atomic E-state index is -0.982. The van der Waals surface area contributed by atoms with Crippen molar-refractivity contribution in [2.45, 2.75) is 64.8 Å². The van der Waals surface area contributed by atoms with Gasteiger partial charge in [0.15, 0.2) is 0 Å². The number of hydrogen-bond acceptors (Lipinski definition) is 7. The number of carbonyl (C=O) groups excluding carboxylic acids is 4. The number of carbonyl (C=O) groups is 4. The van der Waals surface area contributed by atoms with Crippen LogP contribution in [0.3, 0.4) is 0 Å². The summed E-state index contributed by atoms with van der Waals surface area (Å²) in [6, 6.07) is 17.0. The summed E-state index contributed by atoms with van der Waals surface area (Å²) in [5, 5.41) is 7.97. The Morgan fingerprint density at radius 2 is 1.51 bits per heavy atom. The van der Waals surface area contributed by atoms with Crippen molar-refractivity contribution in [3.8, 4) is 0 Å². The molecule has 0 unspecified atom stereocenters. The van der Waals surface area contributed by atoms with Crippen molar-refractivity contribution in [3.05, 3.63) is 83.9 Å². The lowest BCUT2D eigenvalue weighted by atomic mass is 10.1. The maximum absolute atomic E-state index is 12.8. The predicted octanol–water partition coefficient (Wildman–Crippen LogP) is 3.45. The lowest BCUT2D eigenvalue weighted by Crippen LogP contribution is -2.50. The summed E-state index contributed by atoms with van der Waals surface area (Å²) in [7, 11) is 0. The van der Waals surface area contributed by atoms with Gasteiger partial charge in [0.2, 0.25) is 11.8 Å². The van der Waals surface area contributed by atoms with Gasteiger partial charge in [-0.25, -0.2) is 9.59 Å². The molecule has 0 spiro atoms. The second kappa shape index (κ2) is 17.5. The van der Waals surface area contributed by atoms with Crippen molar-refractivity contribution in [2.24, 2.45) is 0 Å². The Hall–Kier alpha value is -4.18. The fourth-order valence-corrected chi connectivity index (χ4v) is 3.60. The highest BCUT2D eigenvalue weighted by Crippen LogP contribution is 2.08. The molecule has 0 aromatic heterocycles. The lowest BCUT2D eigenvalue weighted by molar-refractivity contribution is -0.147. The largest absolute Gasteiger partial charge is 0.464 e. The van der Waals surface area contributed by atoms with Crippen LogP contribution in [-0.4, -0.2) is 61.3 Å². The molecule has 0 heterocycles. The highest BCUT2D eigenvalue weighted by molar-refractivity contribution is 5.91. The van der Waals surface area contributed by atoms with Crippen molar-refractivity contribution in [3.63, 3.8) is 0 Å². The maximum Gasteiger partial charge on any atom is 0.408 e. The van der Waals surface area contributed by atoms with Gasteiger partial charge >= 0.3 is 12.1 Å². The first-order valence-corrected chi connectivity index (χ1v) is 13.6. The first kappa shape index (κ1) is 33.0. The van der Waals surface area contributed by atoms with Crippen LogP contribution in [0.15, 0.2) is 72.8 Å². The molecule has 0 fully saturated rings. The van der Waals surface area contributed by atoms with E-state index >= 15 is 0 Å². The average molecular weight is 568 g/mol. The zero-order valence-corrected chi connectivity index (χ0v) is 24.2. The second-order valence-corrected chi connectivity index (χ2v) is 10.2. The first-order valence-electron chi connectivity index (χ1n) is 13.6. The zero-order chi connectivity index (χ0) is 30.1. The van der Waals surface area contributed by atoms with Crippen molar-refractivity contribution in [1.29, 1.82) is 0 Å². The molecule has 222 valence electrons. The lowest BCUT2D eigenvalue weighted by Gasteiger charge is -2.23. The van der Waals surface area contributed by atoms with E-state index in [1.54, 1.807) is 33.8 Å². The molecule has 3 amide bonds. The van der Waals surface area contributed by atoms with Gasteiger partial charge in [-0.15, -0.1) is 0 Å². The molecule has 2 aromatic carbocycles. The smallest absolute Gasteiger partial charge is 0.408 e. The molecule has 10 heteroatoms. The van der Waals surface area contributed by atoms with Gasteiger partial charge in [-0.2, -0.15) is 0 Å². The molecule has 0 radical (unpaired) electrons. The molecule has 0 saturated heterocycles. The summed E-state index contributed by atoms with van der Waals surface area (Å²) < 4.78 is 16.1. The number of rotatable bonds is 15. The van der Waals surface area contributed by atoms with Crippen LogP contribution in [0.1, 0.15) is 45.2 Å². The third kappa shape index (κ3) is 14.1. The molecule has 0 saturated carbocycles. The Morgan fingerprint density at radius 3 is 2.12 bits per heavy atom. The van der Waals surface area contributed by atoms with Gasteiger partial charge < -0.3 is 30.2 Å². The van der Waals surface area contributed by atoms with Gasteiger partial charge in [-0.05, 0) is 51.3 Å². The normalized spacial score (nSPS) is 12.7. The monoisotopic (exact) mass is 567 g/mol. The third-order valence-corrected chi connectivity index (χ3v) is 5.45. The number of esters is 1. The zero-order valence-electron chi connectivity index (χ0n) is 24.2. The van der Waals surface area contributed by atoms with Crippen molar-refractivity contribution < 1.29 is 33.4 Å².